The summed E-state index contributed by atoms with van der Waals surface area (Å²) >= 11 is 0. The Balaban J connectivity index is 2.40. The van der Waals surface area contributed by atoms with Crippen LogP contribution in [0, 0.1) is 0 Å². The summed E-state index contributed by atoms with van der Waals surface area (Å²) < 4.78 is 0. The summed E-state index contributed by atoms with van der Waals surface area (Å²) in [6, 6.07) is 0. The van der Waals surface area contributed by atoms with Gasteiger partial charge in [-0.1, -0.05) is 30.9 Å². The maximum Gasteiger partial charge on any atom is 0.0613 e. The maximum absolute atomic E-state index is 9.42. The minimum Gasteiger partial charge on any atom is -0.394 e. The Morgan fingerprint density at radius 3 is 2.43 bits per heavy atom. The summed E-state index contributed by atoms with van der Waals surface area (Å²) in [4.78, 5) is 0. The summed E-state index contributed by atoms with van der Waals surface area (Å²) in [7, 11) is 0. The number of hydrogen-bond acceptors (Lipinski definition) is 2. The van der Waals surface area contributed by atoms with Crippen LogP contribution in [0.4, 0.5) is 0 Å². The molecule has 1 saturated carbocycles. The summed E-state index contributed by atoms with van der Waals surface area (Å²) in [6.07, 6.45) is 8.27. The summed E-state index contributed by atoms with van der Waals surface area (Å²) in [6.45, 7) is 5.38. The van der Waals surface area contributed by atoms with Crippen molar-refractivity contribution in [3.63, 3.8) is 0 Å². The topological polar surface area (TPSA) is 32.3 Å². The fourth-order valence-electron chi connectivity index (χ4n) is 2.09. The van der Waals surface area contributed by atoms with Crippen LogP contribution in [0.1, 0.15) is 46.0 Å². The molecule has 1 rings (SSSR count). The zero-order valence-corrected chi connectivity index (χ0v) is 9.47. The number of aliphatic hydroxyl groups is 1. The molecule has 0 aromatic carbocycles. The van der Waals surface area contributed by atoms with Crippen molar-refractivity contribution < 1.29 is 5.11 Å². The molecule has 2 N–H and O–H groups in total. The molecular formula is C12H23NO. The summed E-state index contributed by atoms with van der Waals surface area (Å²) in [5.41, 5.74) is 1.35. The number of rotatable bonds is 4. The van der Waals surface area contributed by atoms with Crippen molar-refractivity contribution in [2.24, 2.45) is 0 Å². The second kappa shape index (κ2) is 5.52. The van der Waals surface area contributed by atoms with Gasteiger partial charge in [0, 0.05) is 12.1 Å². The van der Waals surface area contributed by atoms with Crippen LogP contribution in [0.5, 0.6) is 0 Å². The lowest BCUT2D eigenvalue weighted by Gasteiger charge is -2.36. The van der Waals surface area contributed by atoms with E-state index in [9.17, 15) is 5.11 Å². The molecule has 0 aromatic heterocycles. The van der Waals surface area contributed by atoms with E-state index >= 15 is 0 Å². The van der Waals surface area contributed by atoms with Crippen LogP contribution in [0.15, 0.2) is 11.6 Å². The second-order valence-electron chi connectivity index (χ2n) is 4.66. The minimum atomic E-state index is 0.0181. The molecule has 82 valence electrons. The predicted octanol–water partition coefficient (Wildman–Crippen LogP) is 2.24. The number of aliphatic hydroxyl groups excluding tert-OH is 1. The van der Waals surface area contributed by atoms with Crippen molar-refractivity contribution in [1.29, 1.82) is 0 Å². The highest BCUT2D eigenvalue weighted by molar-refractivity contribution is 4.98. The van der Waals surface area contributed by atoms with E-state index in [2.05, 4.69) is 25.2 Å². The summed E-state index contributed by atoms with van der Waals surface area (Å²) in [5.74, 6) is 0. The molecule has 2 heteroatoms. The van der Waals surface area contributed by atoms with Crippen LogP contribution < -0.4 is 5.32 Å². The van der Waals surface area contributed by atoms with Gasteiger partial charge in [0.2, 0.25) is 0 Å². The minimum absolute atomic E-state index is 0.0181. The Morgan fingerprint density at radius 2 is 1.93 bits per heavy atom. The fourth-order valence-corrected chi connectivity index (χ4v) is 2.09. The van der Waals surface area contributed by atoms with E-state index in [0.29, 0.717) is 0 Å². The van der Waals surface area contributed by atoms with E-state index in [1.807, 2.05) is 0 Å². The van der Waals surface area contributed by atoms with Crippen molar-refractivity contribution in [2.45, 2.75) is 51.5 Å². The Labute approximate surface area is 87.4 Å². The molecule has 0 saturated heterocycles. The van der Waals surface area contributed by atoms with Crippen LogP contribution in [0.3, 0.4) is 0 Å². The number of nitrogens with one attached hydrogen (secondary N) is 1. The number of hydrogen-bond donors (Lipinski definition) is 2. The predicted molar refractivity (Wildman–Crippen MR) is 60.3 cm³/mol. The molecule has 0 aromatic rings. The van der Waals surface area contributed by atoms with Gasteiger partial charge in [0.1, 0.15) is 0 Å². The van der Waals surface area contributed by atoms with E-state index in [4.69, 9.17) is 0 Å². The first-order valence-corrected chi connectivity index (χ1v) is 5.68. The van der Waals surface area contributed by atoms with Gasteiger partial charge in [0.25, 0.3) is 0 Å². The fraction of sp³-hybridized carbons (Fsp3) is 0.833. The molecule has 0 spiro atoms. The molecule has 2 nitrogen and oxygen atoms in total. The molecule has 0 radical (unpaired) electrons. The second-order valence-corrected chi connectivity index (χ2v) is 4.66. The monoisotopic (exact) mass is 197 g/mol. The van der Waals surface area contributed by atoms with Gasteiger partial charge in [-0.25, -0.2) is 0 Å². The van der Waals surface area contributed by atoms with Gasteiger partial charge >= 0.3 is 0 Å². The first-order valence-electron chi connectivity index (χ1n) is 5.68. The Hall–Kier alpha value is -0.340. The molecule has 0 bridgehead atoms. The molecule has 1 fully saturated rings. The highest BCUT2D eigenvalue weighted by atomic mass is 16.3. The largest absolute Gasteiger partial charge is 0.394 e. The van der Waals surface area contributed by atoms with Crippen molar-refractivity contribution in [1.82, 2.24) is 5.32 Å². The van der Waals surface area contributed by atoms with E-state index in [1.165, 1.54) is 24.8 Å². The molecule has 1 aliphatic carbocycles. The average Bonchev–Trinajstić information content (AvgIpc) is 2.19. The van der Waals surface area contributed by atoms with Crippen LogP contribution in [0.2, 0.25) is 0 Å². The van der Waals surface area contributed by atoms with Gasteiger partial charge in [-0.05, 0) is 26.7 Å². The van der Waals surface area contributed by atoms with Gasteiger partial charge in [-0.2, -0.15) is 0 Å². The van der Waals surface area contributed by atoms with Crippen LogP contribution in [0.25, 0.3) is 0 Å². The van der Waals surface area contributed by atoms with Crippen LogP contribution in [-0.2, 0) is 0 Å². The molecular weight excluding hydrogens is 174 g/mol. The van der Waals surface area contributed by atoms with Crippen molar-refractivity contribution >= 4 is 0 Å². The van der Waals surface area contributed by atoms with Gasteiger partial charge in [0.05, 0.1) is 6.61 Å². The third-order valence-corrected chi connectivity index (χ3v) is 3.10. The number of allylic oxidation sites excluding steroid dienone is 1. The molecule has 0 atom stereocenters. The lowest BCUT2D eigenvalue weighted by atomic mass is 9.82. The summed E-state index contributed by atoms with van der Waals surface area (Å²) in [5, 5.41) is 12.9. The van der Waals surface area contributed by atoms with Gasteiger partial charge in [-0.3, -0.25) is 0 Å². The molecule has 1 aliphatic rings. The van der Waals surface area contributed by atoms with Crippen molar-refractivity contribution in [3.8, 4) is 0 Å². The third kappa shape index (κ3) is 3.43. The zero-order chi connectivity index (χ0) is 10.4. The van der Waals surface area contributed by atoms with Crippen molar-refractivity contribution in [3.05, 3.63) is 11.6 Å². The van der Waals surface area contributed by atoms with Gasteiger partial charge in [-0.15, -0.1) is 0 Å². The van der Waals surface area contributed by atoms with E-state index in [0.717, 1.165) is 19.4 Å². The first-order chi connectivity index (χ1) is 6.68. The van der Waals surface area contributed by atoms with E-state index < -0.39 is 0 Å². The lowest BCUT2D eigenvalue weighted by molar-refractivity contribution is 0.125. The molecule has 0 heterocycles. The Kier molecular flexibility index (Phi) is 4.63. The maximum atomic E-state index is 9.42. The standard InChI is InChI=1S/C12H23NO/c1-11(2)6-9-13-12(10-14)7-4-3-5-8-12/h6,13-14H,3-5,7-10H2,1-2H3. The lowest BCUT2D eigenvalue weighted by Crippen LogP contribution is -2.49. The molecule has 0 amide bonds. The first kappa shape index (κ1) is 11.7. The van der Waals surface area contributed by atoms with E-state index in [1.54, 1.807) is 0 Å². The molecule has 14 heavy (non-hydrogen) atoms. The average molecular weight is 197 g/mol. The van der Waals surface area contributed by atoms with Gasteiger partial charge < -0.3 is 10.4 Å². The van der Waals surface area contributed by atoms with Crippen LogP contribution in [-0.4, -0.2) is 23.8 Å². The highest BCUT2D eigenvalue weighted by Crippen LogP contribution is 2.27. The normalized spacial score (nSPS) is 20.5. The van der Waals surface area contributed by atoms with Crippen molar-refractivity contribution in [2.75, 3.05) is 13.2 Å². The zero-order valence-electron chi connectivity index (χ0n) is 9.47. The molecule has 0 aliphatic heterocycles. The highest BCUT2D eigenvalue weighted by Gasteiger charge is 2.29. The van der Waals surface area contributed by atoms with Crippen LogP contribution >= 0.6 is 0 Å². The smallest absolute Gasteiger partial charge is 0.0613 e. The Bertz CT molecular complexity index is 188. The molecule has 0 unspecified atom stereocenters. The quantitative estimate of drug-likeness (QED) is 0.677. The van der Waals surface area contributed by atoms with Gasteiger partial charge in [0.15, 0.2) is 0 Å². The van der Waals surface area contributed by atoms with E-state index in [-0.39, 0.29) is 12.1 Å². The SMILES string of the molecule is CC(C)=CCNC1(CO)CCCCC1. The third-order valence-electron chi connectivity index (χ3n) is 3.10. The Morgan fingerprint density at radius 1 is 1.29 bits per heavy atom.